The Morgan fingerprint density at radius 3 is 1.83 bits per heavy atom. The molecule has 0 atom stereocenters. The number of hydrogen-bond donors (Lipinski definition) is 0. The summed E-state index contributed by atoms with van der Waals surface area (Å²) in [5.74, 6) is 1.78. The molecule has 3 heteroatoms. The lowest BCUT2D eigenvalue weighted by molar-refractivity contribution is 0.414. The topological polar surface area (TPSA) is 23.4 Å². The molecule has 118 valence electrons. The highest BCUT2D eigenvalue weighted by Gasteiger charge is 2.01. The van der Waals surface area contributed by atoms with E-state index in [4.69, 9.17) is 9.47 Å². The van der Waals surface area contributed by atoms with Crippen molar-refractivity contribution in [2.45, 2.75) is 13.0 Å². The van der Waals surface area contributed by atoms with Crippen molar-refractivity contribution in [3.8, 4) is 11.5 Å². The highest BCUT2D eigenvalue weighted by molar-refractivity contribution is 5.31. The molecule has 0 aliphatic rings. The molecule has 3 rings (SSSR count). The van der Waals surface area contributed by atoms with Gasteiger partial charge in [-0.3, -0.25) is 0 Å². The second kappa shape index (κ2) is 7.05. The van der Waals surface area contributed by atoms with Crippen LogP contribution in [0.1, 0.15) is 16.7 Å². The molecule has 0 bridgehead atoms. The van der Waals surface area contributed by atoms with E-state index in [1.807, 2.05) is 24.3 Å². The summed E-state index contributed by atoms with van der Waals surface area (Å²) in [4.78, 5) is 0. The highest BCUT2D eigenvalue weighted by Crippen LogP contribution is 2.16. The van der Waals surface area contributed by atoms with Crippen molar-refractivity contribution in [3.63, 3.8) is 0 Å². The normalized spacial score (nSPS) is 10.5. The zero-order chi connectivity index (χ0) is 16.1. The smallest absolute Gasteiger partial charge is 0.118 e. The van der Waals surface area contributed by atoms with Gasteiger partial charge in [-0.05, 0) is 53.4 Å². The van der Waals surface area contributed by atoms with Crippen LogP contribution in [-0.4, -0.2) is 18.8 Å². The fourth-order valence-corrected chi connectivity index (χ4v) is 2.61. The Kier molecular flexibility index (Phi) is 4.67. The van der Waals surface area contributed by atoms with Crippen LogP contribution in [0.15, 0.2) is 67.0 Å². The van der Waals surface area contributed by atoms with Gasteiger partial charge in [-0.15, -0.1) is 0 Å². The lowest BCUT2D eigenvalue weighted by Gasteiger charge is -2.05. The van der Waals surface area contributed by atoms with Crippen LogP contribution < -0.4 is 9.47 Å². The van der Waals surface area contributed by atoms with E-state index in [-0.39, 0.29) is 0 Å². The molecule has 0 aliphatic carbocycles. The van der Waals surface area contributed by atoms with Gasteiger partial charge in [0, 0.05) is 18.9 Å². The van der Waals surface area contributed by atoms with Crippen LogP contribution in [0.5, 0.6) is 11.5 Å². The minimum atomic E-state index is 0.868. The third-order valence-electron chi connectivity index (χ3n) is 3.90. The van der Waals surface area contributed by atoms with Crippen molar-refractivity contribution >= 4 is 0 Å². The Labute approximate surface area is 137 Å². The van der Waals surface area contributed by atoms with E-state index in [1.54, 1.807) is 14.2 Å². The molecule has 0 N–H and O–H groups in total. The number of ether oxygens (including phenoxy) is 2. The molecule has 0 unspecified atom stereocenters. The molecule has 1 aromatic heterocycles. The van der Waals surface area contributed by atoms with Gasteiger partial charge in [-0.25, -0.2) is 0 Å². The molecule has 3 nitrogen and oxygen atoms in total. The minimum Gasteiger partial charge on any atom is -0.497 e. The number of methoxy groups -OCH3 is 2. The standard InChI is InChI=1S/C20H21NO2/c1-22-19-7-3-16(4-8-19)13-18-11-12-21(15-18)14-17-5-9-20(23-2)10-6-17/h3-12,15H,13-14H2,1-2H3. The zero-order valence-corrected chi connectivity index (χ0v) is 13.5. The summed E-state index contributed by atoms with van der Waals surface area (Å²) in [7, 11) is 3.38. The van der Waals surface area contributed by atoms with Crippen LogP contribution in [0.3, 0.4) is 0 Å². The Morgan fingerprint density at radius 2 is 1.26 bits per heavy atom. The second-order valence-corrected chi connectivity index (χ2v) is 5.57. The Morgan fingerprint density at radius 1 is 0.696 bits per heavy atom. The zero-order valence-electron chi connectivity index (χ0n) is 13.5. The van der Waals surface area contributed by atoms with Crippen LogP contribution in [0.2, 0.25) is 0 Å². The predicted octanol–water partition coefficient (Wildman–Crippen LogP) is 4.14. The van der Waals surface area contributed by atoms with Gasteiger partial charge in [0.15, 0.2) is 0 Å². The van der Waals surface area contributed by atoms with E-state index in [9.17, 15) is 0 Å². The van der Waals surface area contributed by atoms with Gasteiger partial charge in [0.25, 0.3) is 0 Å². The van der Waals surface area contributed by atoms with E-state index < -0.39 is 0 Å². The average Bonchev–Trinajstić information content (AvgIpc) is 3.03. The first-order valence-corrected chi connectivity index (χ1v) is 7.67. The fourth-order valence-electron chi connectivity index (χ4n) is 2.61. The van der Waals surface area contributed by atoms with Crippen molar-refractivity contribution in [3.05, 3.63) is 83.7 Å². The summed E-state index contributed by atoms with van der Waals surface area (Å²) in [5.41, 5.74) is 3.86. The van der Waals surface area contributed by atoms with Gasteiger partial charge in [-0.2, -0.15) is 0 Å². The highest BCUT2D eigenvalue weighted by atomic mass is 16.5. The summed E-state index contributed by atoms with van der Waals surface area (Å²) in [6.45, 7) is 0.868. The molecule has 0 spiro atoms. The summed E-state index contributed by atoms with van der Waals surface area (Å²) in [6, 6.07) is 18.6. The number of hydrogen-bond acceptors (Lipinski definition) is 2. The second-order valence-electron chi connectivity index (χ2n) is 5.57. The van der Waals surface area contributed by atoms with Crippen molar-refractivity contribution in [2.75, 3.05) is 14.2 Å². The van der Waals surface area contributed by atoms with Crippen molar-refractivity contribution in [1.82, 2.24) is 4.57 Å². The monoisotopic (exact) mass is 307 g/mol. The molecule has 0 radical (unpaired) electrons. The summed E-state index contributed by atoms with van der Waals surface area (Å²) in [5, 5.41) is 0. The van der Waals surface area contributed by atoms with Gasteiger partial charge in [0.05, 0.1) is 14.2 Å². The largest absolute Gasteiger partial charge is 0.497 e. The first-order valence-electron chi connectivity index (χ1n) is 7.67. The van der Waals surface area contributed by atoms with Crippen LogP contribution in [0.25, 0.3) is 0 Å². The van der Waals surface area contributed by atoms with Crippen molar-refractivity contribution in [1.29, 1.82) is 0 Å². The van der Waals surface area contributed by atoms with Crippen molar-refractivity contribution in [2.24, 2.45) is 0 Å². The molecule has 3 aromatic rings. The molecule has 2 aromatic carbocycles. The molecule has 0 saturated heterocycles. The maximum absolute atomic E-state index is 5.19. The Hall–Kier alpha value is -2.68. The molecular formula is C20H21NO2. The first kappa shape index (κ1) is 15.2. The van der Waals surface area contributed by atoms with E-state index >= 15 is 0 Å². The van der Waals surface area contributed by atoms with Crippen LogP contribution in [0, 0.1) is 0 Å². The van der Waals surface area contributed by atoms with Gasteiger partial charge in [0.1, 0.15) is 11.5 Å². The molecular weight excluding hydrogens is 286 g/mol. The third-order valence-corrected chi connectivity index (χ3v) is 3.90. The molecule has 23 heavy (non-hydrogen) atoms. The van der Waals surface area contributed by atoms with Crippen LogP contribution >= 0.6 is 0 Å². The SMILES string of the molecule is COc1ccc(Cc2ccn(Cc3ccc(OC)cc3)c2)cc1. The van der Waals surface area contributed by atoms with E-state index in [0.29, 0.717) is 0 Å². The van der Waals surface area contributed by atoms with E-state index in [0.717, 1.165) is 24.5 Å². The number of aromatic nitrogens is 1. The number of nitrogens with zero attached hydrogens (tertiary/aromatic N) is 1. The van der Waals surface area contributed by atoms with E-state index in [2.05, 4.69) is 47.3 Å². The van der Waals surface area contributed by atoms with Gasteiger partial charge >= 0.3 is 0 Å². The summed E-state index contributed by atoms with van der Waals surface area (Å²) in [6.07, 6.45) is 5.26. The number of benzene rings is 2. The fraction of sp³-hybridized carbons (Fsp3) is 0.200. The Balaban J connectivity index is 1.64. The minimum absolute atomic E-state index is 0.868. The molecule has 0 amide bonds. The van der Waals surface area contributed by atoms with Gasteiger partial charge in [0.2, 0.25) is 0 Å². The molecule has 0 fully saturated rings. The maximum atomic E-state index is 5.19. The summed E-state index contributed by atoms with van der Waals surface area (Å²) < 4.78 is 12.6. The van der Waals surface area contributed by atoms with Crippen LogP contribution in [0.4, 0.5) is 0 Å². The van der Waals surface area contributed by atoms with Gasteiger partial charge < -0.3 is 14.0 Å². The average molecular weight is 307 g/mol. The lowest BCUT2D eigenvalue weighted by Crippen LogP contribution is -1.96. The lowest BCUT2D eigenvalue weighted by atomic mass is 10.1. The maximum Gasteiger partial charge on any atom is 0.118 e. The summed E-state index contributed by atoms with van der Waals surface area (Å²) >= 11 is 0. The molecule has 0 aliphatic heterocycles. The van der Waals surface area contributed by atoms with Gasteiger partial charge in [-0.1, -0.05) is 24.3 Å². The molecule has 1 heterocycles. The first-order chi connectivity index (χ1) is 11.3. The Bertz CT molecular complexity index is 678. The van der Waals surface area contributed by atoms with E-state index in [1.165, 1.54) is 16.7 Å². The predicted molar refractivity (Wildman–Crippen MR) is 92.3 cm³/mol. The third kappa shape index (κ3) is 3.95. The van der Waals surface area contributed by atoms with Crippen LogP contribution in [-0.2, 0) is 13.0 Å². The van der Waals surface area contributed by atoms with Crippen molar-refractivity contribution < 1.29 is 9.47 Å². The molecule has 0 saturated carbocycles. The number of rotatable bonds is 6. The quantitative estimate of drug-likeness (QED) is 0.683.